The van der Waals surface area contributed by atoms with Crippen LogP contribution in [0.2, 0.25) is 0 Å². The lowest BCUT2D eigenvalue weighted by molar-refractivity contribution is 0.594. The number of anilines is 1. The summed E-state index contributed by atoms with van der Waals surface area (Å²) in [5, 5.41) is 0. The van der Waals surface area contributed by atoms with E-state index in [2.05, 4.69) is 32.1 Å². The van der Waals surface area contributed by atoms with Crippen LogP contribution in [0.25, 0.3) is 5.57 Å². The summed E-state index contributed by atoms with van der Waals surface area (Å²) in [5.41, 5.74) is 11.1. The van der Waals surface area contributed by atoms with Crippen LogP contribution >= 0.6 is 0 Å². The van der Waals surface area contributed by atoms with Gasteiger partial charge in [-0.25, -0.2) is 0 Å². The van der Waals surface area contributed by atoms with Crippen molar-refractivity contribution in [2.24, 2.45) is 5.92 Å². The Kier molecular flexibility index (Phi) is 3.33. The Hall–Kier alpha value is -1.24. The molecule has 0 heterocycles. The van der Waals surface area contributed by atoms with E-state index in [1.807, 2.05) is 6.07 Å². The van der Waals surface area contributed by atoms with Crippen LogP contribution in [0.1, 0.15) is 44.2 Å². The maximum absolute atomic E-state index is 5.80. The molecular weight excluding hydrogens is 194 g/mol. The molecule has 1 heteroatoms. The molecule has 0 saturated carbocycles. The van der Waals surface area contributed by atoms with Gasteiger partial charge in [0.05, 0.1) is 0 Å². The van der Waals surface area contributed by atoms with E-state index in [9.17, 15) is 0 Å². The highest BCUT2D eigenvalue weighted by atomic mass is 14.5. The minimum Gasteiger partial charge on any atom is -0.399 e. The molecule has 0 unspecified atom stereocenters. The molecule has 0 spiro atoms. The molecular formula is C15H21N. The van der Waals surface area contributed by atoms with Crippen LogP contribution in [0, 0.1) is 5.92 Å². The molecule has 0 aromatic heterocycles. The van der Waals surface area contributed by atoms with E-state index in [0.29, 0.717) is 0 Å². The lowest BCUT2D eigenvalue weighted by Gasteiger charge is -2.04. The zero-order valence-electron chi connectivity index (χ0n) is 10.3. The minimum atomic E-state index is 0.796. The summed E-state index contributed by atoms with van der Waals surface area (Å²) < 4.78 is 0. The van der Waals surface area contributed by atoms with Gasteiger partial charge in [0, 0.05) is 5.69 Å². The Labute approximate surface area is 98.4 Å². The van der Waals surface area contributed by atoms with E-state index >= 15 is 0 Å². The van der Waals surface area contributed by atoms with Crippen molar-refractivity contribution >= 4 is 11.3 Å². The Morgan fingerprint density at radius 2 is 2.12 bits per heavy atom. The van der Waals surface area contributed by atoms with Crippen LogP contribution in [0.5, 0.6) is 0 Å². The van der Waals surface area contributed by atoms with Crippen molar-refractivity contribution < 1.29 is 0 Å². The molecule has 2 N–H and O–H groups in total. The first-order valence-corrected chi connectivity index (χ1v) is 6.24. The van der Waals surface area contributed by atoms with Gasteiger partial charge in [-0.1, -0.05) is 26.0 Å². The summed E-state index contributed by atoms with van der Waals surface area (Å²) in [6.07, 6.45) is 7.26. The number of hydrogen-bond donors (Lipinski definition) is 1. The highest BCUT2D eigenvalue weighted by molar-refractivity contribution is 5.74. The SMILES string of the molecule is CC(C)CC/C=C1/CCc2cc(N)ccc21. The van der Waals surface area contributed by atoms with Gasteiger partial charge in [0.15, 0.2) is 0 Å². The van der Waals surface area contributed by atoms with Gasteiger partial charge < -0.3 is 5.73 Å². The summed E-state index contributed by atoms with van der Waals surface area (Å²) in [5.74, 6) is 0.796. The maximum atomic E-state index is 5.80. The molecule has 1 nitrogen and oxygen atoms in total. The molecule has 1 aliphatic rings. The summed E-state index contributed by atoms with van der Waals surface area (Å²) in [6, 6.07) is 6.32. The first-order chi connectivity index (χ1) is 7.66. The first-order valence-electron chi connectivity index (χ1n) is 6.24. The van der Waals surface area contributed by atoms with Gasteiger partial charge in [0.2, 0.25) is 0 Å². The molecule has 1 aliphatic carbocycles. The number of nitrogens with two attached hydrogens (primary N) is 1. The van der Waals surface area contributed by atoms with Gasteiger partial charge in [-0.15, -0.1) is 0 Å². The third-order valence-corrected chi connectivity index (χ3v) is 3.27. The summed E-state index contributed by atoms with van der Waals surface area (Å²) in [4.78, 5) is 0. The standard InChI is InChI=1S/C15H21N/c1-11(2)4-3-5-12-6-7-13-10-14(16)8-9-15(12)13/h5,8-11H,3-4,6-7,16H2,1-2H3/b12-5-. The van der Waals surface area contributed by atoms with Gasteiger partial charge in [-0.2, -0.15) is 0 Å². The second kappa shape index (κ2) is 4.73. The van der Waals surface area contributed by atoms with Crippen molar-refractivity contribution in [3.05, 3.63) is 35.4 Å². The van der Waals surface area contributed by atoms with E-state index in [4.69, 9.17) is 5.73 Å². The molecule has 2 rings (SSSR count). The Bertz CT molecular complexity index is 402. The lowest BCUT2D eigenvalue weighted by atomic mass is 10.0. The van der Waals surface area contributed by atoms with Crippen LogP contribution in [-0.4, -0.2) is 0 Å². The quantitative estimate of drug-likeness (QED) is 0.757. The topological polar surface area (TPSA) is 26.0 Å². The van der Waals surface area contributed by atoms with Crippen molar-refractivity contribution in [1.29, 1.82) is 0 Å². The normalized spacial score (nSPS) is 17.1. The molecule has 0 saturated heterocycles. The van der Waals surface area contributed by atoms with Gasteiger partial charge in [0.25, 0.3) is 0 Å². The average Bonchev–Trinajstić information content (AvgIpc) is 2.60. The molecule has 1 aromatic rings. The lowest BCUT2D eigenvalue weighted by Crippen LogP contribution is -1.88. The first kappa shape index (κ1) is 11.3. The molecule has 86 valence electrons. The number of nitrogen functional groups attached to an aromatic ring is 1. The van der Waals surface area contributed by atoms with E-state index in [1.54, 1.807) is 0 Å². The largest absolute Gasteiger partial charge is 0.399 e. The average molecular weight is 215 g/mol. The molecule has 16 heavy (non-hydrogen) atoms. The van der Waals surface area contributed by atoms with Gasteiger partial charge in [-0.3, -0.25) is 0 Å². The molecule has 1 aromatic carbocycles. The Morgan fingerprint density at radius 1 is 1.31 bits per heavy atom. The van der Waals surface area contributed by atoms with Gasteiger partial charge in [0.1, 0.15) is 0 Å². The molecule has 0 bridgehead atoms. The summed E-state index contributed by atoms with van der Waals surface area (Å²) >= 11 is 0. The minimum absolute atomic E-state index is 0.796. The van der Waals surface area contributed by atoms with Crippen molar-refractivity contribution in [1.82, 2.24) is 0 Å². The third-order valence-electron chi connectivity index (χ3n) is 3.27. The Balaban J connectivity index is 2.11. The number of fused-ring (bicyclic) bond motifs is 1. The number of aryl methyl sites for hydroxylation is 1. The molecule has 0 amide bonds. The van der Waals surface area contributed by atoms with Crippen molar-refractivity contribution in [2.75, 3.05) is 5.73 Å². The maximum Gasteiger partial charge on any atom is 0.0317 e. The van der Waals surface area contributed by atoms with E-state index < -0.39 is 0 Å². The zero-order chi connectivity index (χ0) is 11.5. The molecule has 0 aliphatic heterocycles. The summed E-state index contributed by atoms with van der Waals surface area (Å²) in [7, 11) is 0. The highest BCUT2D eigenvalue weighted by Gasteiger charge is 2.15. The number of hydrogen-bond acceptors (Lipinski definition) is 1. The molecule has 0 fully saturated rings. The number of rotatable bonds is 3. The fourth-order valence-corrected chi connectivity index (χ4v) is 2.34. The fourth-order valence-electron chi connectivity index (χ4n) is 2.34. The van der Waals surface area contributed by atoms with Crippen LogP contribution < -0.4 is 5.73 Å². The highest BCUT2D eigenvalue weighted by Crippen LogP contribution is 2.33. The predicted octanol–water partition coefficient (Wildman–Crippen LogP) is 4.03. The van der Waals surface area contributed by atoms with Crippen LogP contribution in [0.15, 0.2) is 24.3 Å². The van der Waals surface area contributed by atoms with Crippen molar-refractivity contribution in [2.45, 2.75) is 39.5 Å². The van der Waals surface area contributed by atoms with Gasteiger partial charge >= 0.3 is 0 Å². The van der Waals surface area contributed by atoms with Crippen LogP contribution in [0.3, 0.4) is 0 Å². The fraction of sp³-hybridized carbons (Fsp3) is 0.467. The smallest absolute Gasteiger partial charge is 0.0317 e. The molecule has 0 atom stereocenters. The number of benzene rings is 1. The Morgan fingerprint density at radius 3 is 2.88 bits per heavy atom. The number of allylic oxidation sites excluding steroid dienone is 2. The second-order valence-electron chi connectivity index (χ2n) is 5.12. The van der Waals surface area contributed by atoms with Crippen molar-refractivity contribution in [3.63, 3.8) is 0 Å². The van der Waals surface area contributed by atoms with Crippen LogP contribution in [0.4, 0.5) is 5.69 Å². The third kappa shape index (κ3) is 2.46. The van der Waals surface area contributed by atoms with E-state index in [1.165, 1.54) is 36.0 Å². The second-order valence-corrected chi connectivity index (χ2v) is 5.12. The van der Waals surface area contributed by atoms with E-state index in [0.717, 1.165) is 18.0 Å². The van der Waals surface area contributed by atoms with Crippen molar-refractivity contribution in [3.8, 4) is 0 Å². The summed E-state index contributed by atoms with van der Waals surface area (Å²) in [6.45, 7) is 4.56. The monoisotopic (exact) mass is 215 g/mol. The zero-order valence-corrected chi connectivity index (χ0v) is 10.3. The van der Waals surface area contributed by atoms with Gasteiger partial charge in [-0.05, 0) is 60.4 Å². The van der Waals surface area contributed by atoms with Crippen LogP contribution in [-0.2, 0) is 6.42 Å². The molecule has 0 radical (unpaired) electrons. The predicted molar refractivity (Wildman–Crippen MR) is 71.2 cm³/mol. The van der Waals surface area contributed by atoms with E-state index in [-0.39, 0.29) is 0 Å².